The molecule has 20 heavy (non-hydrogen) atoms. The maximum Gasteiger partial charge on any atom is 0.213 e. The number of benzene rings is 1. The molecule has 1 aliphatic rings. The summed E-state index contributed by atoms with van der Waals surface area (Å²) < 4.78 is 22.6. The fraction of sp³-hybridized carbons (Fsp3) is 0.500. The van der Waals surface area contributed by atoms with Gasteiger partial charge < -0.3 is 5.11 Å². The Morgan fingerprint density at radius 3 is 2.70 bits per heavy atom. The van der Waals surface area contributed by atoms with E-state index in [1.54, 1.807) is 18.2 Å². The van der Waals surface area contributed by atoms with Gasteiger partial charge in [-0.3, -0.25) is 4.90 Å². The number of aliphatic hydroxyl groups excluding tert-OH is 1. The number of hydrogen-bond acceptors (Lipinski definition) is 4. The molecule has 0 spiro atoms. The Labute approximate surface area is 128 Å². The number of rotatable bonds is 4. The van der Waals surface area contributed by atoms with Crippen molar-refractivity contribution in [3.63, 3.8) is 0 Å². The van der Waals surface area contributed by atoms with E-state index in [0.717, 1.165) is 0 Å². The van der Waals surface area contributed by atoms with E-state index in [1.807, 2.05) is 4.90 Å². The molecule has 1 saturated heterocycles. The minimum absolute atomic E-state index is 0.313. The van der Waals surface area contributed by atoms with Gasteiger partial charge in [-0.1, -0.05) is 29.3 Å². The van der Waals surface area contributed by atoms with Crippen LogP contribution < -0.4 is 5.14 Å². The summed E-state index contributed by atoms with van der Waals surface area (Å²) in [5.41, 5.74) is 0.579. The largest absolute Gasteiger partial charge is 0.387 e. The van der Waals surface area contributed by atoms with Gasteiger partial charge in [0.15, 0.2) is 0 Å². The lowest BCUT2D eigenvalue weighted by atomic mass is 10.1. The van der Waals surface area contributed by atoms with E-state index in [9.17, 15) is 13.5 Å². The second-order valence-corrected chi connectivity index (χ2v) is 7.63. The van der Waals surface area contributed by atoms with E-state index in [-0.39, 0.29) is 0 Å². The van der Waals surface area contributed by atoms with Crippen molar-refractivity contribution in [1.82, 2.24) is 4.90 Å². The zero-order valence-electron chi connectivity index (χ0n) is 10.7. The Morgan fingerprint density at radius 1 is 1.45 bits per heavy atom. The number of nitrogens with zero attached hydrogens (tertiary/aromatic N) is 1. The highest BCUT2D eigenvalue weighted by Crippen LogP contribution is 2.28. The van der Waals surface area contributed by atoms with Crippen molar-refractivity contribution in [1.29, 1.82) is 0 Å². The van der Waals surface area contributed by atoms with E-state index in [0.29, 0.717) is 41.7 Å². The van der Waals surface area contributed by atoms with Gasteiger partial charge in [-0.15, -0.1) is 0 Å². The van der Waals surface area contributed by atoms with Crippen molar-refractivity contribution in [2.75, 3.05) is 19.6 Å². The number of hydrogen-bond donors (Lipinski definition) is 2. The SMILES string of the molecule is NS(=O)(=O)C1CCN(C[C@H](O)c2ccc(Cl)cc2Cl)C1. The molecule has 0 radical (unpaired) electrons. The van der Waals surface area contributed by atoms with Crippen molar-refractivity contribution < 1.29 is 13.5 Å². The molecule has 0 amide bonds. The Hall–Kier alpha value is -0.370. The third-order valence-electron chi connectivity index (χ3n) is 3.45. The van der Waals surface area contributed by atoms with Crippen LogP contribution >= 0.6 is 23.2 Å². The Balaban J connectivity index is 2.01. The van der Waals surface area contributed by atoms with E-state index < -0.39 is 21.4 Å². The summed E-state index contributed by atoms with van der Waals surface area (Å²) in [4.78, 5) is 1.87. The quantitative estimate of drug-likeness (QED) is 0.868. The predicted octanol–water partition coefficient (Wildman–Crippen LogP) is 1.39. The fourth-order valence-electron chi connectivity index (χ4n) is 2.35. The van der Waals surface area contributed by atoms with Crippen LogP contribution in [0.5, 0.6) is 0 Å². The van der Waals surface area contributed by atoms with E-state index in [1.165, 1.54) is 0 Å². The summed E-state index contributed by atoms with van der Waals surface area (Å²) in [5.74, 6) is 0. The van der Waals surface area contributed by atoms with Crippen LogP contribution in [0.4, 0.5) is 0 Å². The minimum atomic E-state index is -3.52. The highest BCUT2D eigenvalue weighted by molar-refractivity contribution is 7.89. The van der Waals surface area contributed by atoms with Gasteiger partial charge in [0.05, 0.1) is 11.4 Å². The van der Waals surface area contributed by atoms with Crippen LogP contribution in [0.25, 0.3) is 0 Å². The van der Waals surface area contributed by atoms with Gasteiger partial charge in [-0.25, -0.2) is 13.6 Å². The smallest absolute Gasteiger partial charge is 0.213 e. The molecular formula is C12H16Cl2N2O3S. The van der Waals surface area contributed by atoms with Crippen LogP contribution in [-0.2, 0) is 10.0 Å². The highest BCUT2D eigenvalue weighted by atomic mass is 35.5. The van der Waals surface area contributed by atoms with Gasteiger partial charge in [-0.05, 0) is 25.1 Å². The highest BCUT2D eigenvalue weighted by Gasteiger charge is 2.31. The summed E-state index contributed by atoms with van der Waals surface area (Å²) >= 11 is 11.8. The topological polar surface area (TPSA) is 83.6 Å². The third-order valence-corrected chi connectivity index (χ3v) is 5.32. The molecule has 0 aromatic heterocycles. The molecule has 1 aliphatic heterocycles. The molecule has 2 rings (SSSR count). The first-order valence-corrected chi connectivity index (χ1v) is 8.51. The van der Waals surface area contributed by atoms with Gasteiger partial charge in [-0.2, -0.15) is 0 Å². The number of halogens is 2. The van der Waals surface area contributed by atoms with Gasteiger partial charge in [0, 0.05) is 28.7 Å². The minimum Gasteiger partial charge on any atom is -0.387 e. The summed E-state index contributed by atoms with van der Waals surface area (Å²) in [6, 6.07) is 4.89. The van der Waals surface area contributed by atoms with Crippen LogP contribution in [0.1, 0.15) is 18.1 Å². The second kappa shape index (κ2) is 6.17. The Morgan fingerprint density at radius 2 is 2.15 bits per heavy atom. The molecule has 2 atom stereocenters. The Kier molecular flexibility index (Phi) is 4.94. The first-order chi connectivity index (χ1) is 9.27. The number of β-amino-alcohol motifs (C(OH)–C–C–N with tert-alkyl or cyclic N) is 1. The fourth-order valence-corrected chi connectivity index (χ4v) is 3.73. The lowest BCUT2D eigenvalue weighted by Gasteiger charge is -2.20. The Bertz CT molecular complexity index is 594. The molecule has 1 aromatic carbocycles. The zero-order valence-corrected chi connectivity index (χ0v) is 13.0. The van der Waals surface area contributed by atoms with Gasteiger partial charge in [0.1, 0.15) is 0 Å². The molecule has 3 N–H and O–H groups in total. The standard InChI is InChI=1S/C12H16Cl2N2O3S/c13-8-1-2-10(11(14)5-8)12(17)7-16-4-3-9(6-16)20(15,18)19/h1-2,5,9,12,17H,3-4,6-7H2,(H2,15,18,19)/t9?,12-/m0/s1. The molecule has 0 aliphatic carbocycles. The lowest BCUT2D eigenvalue weighted by Crippen LogP contribution is -2.33. The van der Waals surface area contributed by atoms with Crippen molar-refractivity contribution in [2.24, 2.45) is 5.14 Å². The normalized spacial score (nSPS) is 22.1. The molecule has 1 heterocycles. The average Bonchev–Trinajstić information content (AvgIpc) is 2.76. The maximum atomic E-state index is 11.3. The van der Waals surface area contributed by atoms with Gasteiger partial charge in [0.25, 0.3) is 0 Å². The monoisotopic (exact) mass is 338 g/mol. The molecule has 0 bridgehead atoms. The summed E-state index contributed by atoms with van der Waals surface area (Å²) in [6.07, 6.45) is -0.307. The van der Waals surface area contributed by atoms with E-state index in [2.05, 4.69) is 0 Å². The number of nitrogens with two attached hydrogens (primary N) is 1. The summed E-state index contributed by atoms with van der Waals surface area (Å²) in [7, 11) is -3.52. The third kappa shape index (κ3) is 3.84. The number of likely N-dealkylation sites (tertiary alicyclic amines) is 1. The molecule has 8 heteroatoms. The first-order valence-electron chi connectivity index (χ1n) is 6.14. The molecule has 0 saturated carbocycles. The molecular weight excluding hydrogens is 323 g/mol. The molecule has 5 nitrogen and oxygen atoms in total. The van der Waals surface area contributed by atoms with Crippen LogP contribution in [0.2, 0.25) is 10.0 Å². The first kappa shape index (κ1) is 16.0. The average molecular weight is 339 g/mol. The van der Waals surface area contributed by atoms with Crippen molar-refractivity contribution in [3.8, 4) is 0 Å². The second-order valence-electron chi connectivity index (χ2n) is 4.94. The molecule has 112 valence electrons. The van der Waals surface area contributed by atoms with Gasteiger partial charge in [0.2, 0.25) is 10.0 Å². The summed E-state index contributed by atoms with van der Waals surface area (Å²) in [5, 5.41) is 15.7. The van der Waals surface area contributed by atoms with Crippen LogP contribution in [0.15, 0.2) is 18.2 Å². The van der Waals surface area contributed by atoms with Crippen molar-refractivity contribution in [2.45, 2.75) is 17.8 Å². The van der Waals surface area contributed by atoms with Crippen LogP contribution in [0, 0.1) is 0 Å². The zero-order chi connectivity index (χ0) is 14.9. The maximum absolute atomic E-state index is 11.3. The number of primary sulfonamides is 1. The molecule has 1 fully saturated rings. The summed E-state index contributed by atoms with van der Waals surface area (Å²) in [6.45, 7) is 1.23. The lowest BCUT2D eigenvalue weighted by molar-refractivity contribution is 0.126. The van der Waals surface area contributed by atoms with Crippen LogP contribution in [0.3, 0.4) is 0 Å². The molecule has 1 unspecified atom stereocenters. The molecule has 1 aromatic rings. The van der Waals surface area contributed by atoms with E-state index in [4.69, 9.17) is 28.3 Å². The van der Waals surface area contributed by atoms with Crippen LogP contribution in [-0.4, -0.2) is 43.3 Å². The van der Waals surface area contributed by atoms with Crippen molar-refractivity contribution in [3.05, 3.63) is 33.8 Å². The number of sulfonamides is 1. The van der Waals surface area contributed by atoms with Gasteiger partial charge >= 0.3 is 0 Å². The van der Waals surface area contributed by atoms with E-state index >= 15 is 0 Å². The predicted molar refractivity (Wildman–Crippen MR) is 79.4 cm³/mol. The van der Waals surface area contributed by atoms with Crippen molar-refractivity contribution >= 4 is 33.2 Å². The number of aliphatic hydroxyl groups is 1.